The molecule has 0 atom stereocenters. The van der Waals surface area contributed by atoms with Crippen LogP contribution in [0.2, 0.25) is 0 Å². The van der Waals surface area contributed by atoms with Gasteiger partial charge in [0.25, 0.3) is 0 Å². The normalized spacial score (nSPS) is 11.6. The Morgan fingerprint density at radius 3 is 1.71 bits per heavy atom. The summed E-state index contributed by atoms with van der Waals surface area (Å²) in [5.41, 5.74) is 0.936. The number of aldehydes is 1. The van der Waals surface area contributed by atoms with Gasteiger partial charge in [0.15, 0.2) is 0 Å². The van der Waals surface area contributed by atoms with E-state index in [-0.39, 0.29) is 23.3 Å². The molecule has 0 saturated carbocycles. The molecular weight excluding hydrogens is 522 g/mol. The average molecular weight is 536 g/mol. The van der Waals surface area contributed by atoms with Gasteiger partial charge in [-0.2, -0.15) is 26.3 Å². The molecule has 0 radical (unpaired) electrons. The van der Waals surface area contributed by atoms with Gasteiger partial charge in [0, 0.05) is 14.5 Å². The van der Waals surface area contributed by atoms with Crippen LogP contribution in [0.5, 0.6) is 0 Å². The smallest absolute Gasteiger partial charge is 0.392 e. The van der Waals surface area contributed by atoms with Crippen molar-refractivity contribution in [3.8, 4) is 0 Å². The van der Waals surface area contributed by atoms with E-state index >= 15 is 0 Å². The minimum absolute atomic E-state index is 0.0714. The molecule has 28 heavy (non-hydrogen) atoms. The molecule has 0 aromatic heterocycles. The standard InChI is InChI=1S/C9H8BrF3O.C9H6BrF3O/c2*10-8-2-1-6(5-14)3-7(8)4-9(11,12)13/h1-3,14H,4-5H2;1-3,5H,4H2. The van der Waals surface area contributed by atoms with Crippen molar-refractivity contribution in [1.29, 1.82) is 0 Å². The van der Waals surface area contributed by atoms with Crippen LogP contribution < -0.4 is 0 Å². The largest absolute Gasteiger partial charge is 0.393 e. The van der Waals surface area contributed by atoms with Gasteiger partial charge in [0.05, 0.1) is 19.4 Å². The van der Waals surface area contributed by atoms with Gasteiger partial charge in [0.1, 0.15) is 6.29 Å². The van der Waals surface area contributed by atoms with Crippen LogP contribution in [0.15, 0.2) is 45.3 Å². The Bertz CT molecular complexity index is 804. The lowest BCUT2D eigenvalue weighted by Gasteiger charge is -2.09. The number of benzene rings is 2. The van der Waals surface area contributed by atoms with E-state index in [0.29, 0.717) is 20.8 Å². The van der Waals surface area contributed by atoms with Crippen molar-refractivity contribution in [3.05, 3.63) is 67.6 Å². The van der Waals surface area contributed by atoms with Crippen molar-refractivity contribution in [2.75, 3.05) is 0 Å². The summed E-state index contributed by atoms with van der Waals surface area (Å²) in [6, 6.07) is 8.54. The highest BCUT2D eigenvalue weighted by atomic mass is 79.9. The Labute approximate surface area is 173 Å². The molecule has 0 fully saturated rings. The minimum atomic E-state index is -4.26. The molecule has 0 aliphatic rings. The summed E-state index contributed by atoms with van der Waals surface area (Å²) in [6.45, 7) is -0.252. The Morgan fingerprint density at radius 2 is 1.29 bits per heavy atom. The summed E-state index contributed by atoms with van der Waals surface area (Å²) in [5, 5.41) is 8.75. The molecule has 154 valence electrons. The Kier molecular flexibility index (Phi) is 9.16. The Balaban J connectivity index is 0.000000280. The molecule has 0 aliphatic carbocycles. The van der Waals surface area contributed by atoms with E-state index in [1.165, 1.54) is 30.3 Å². The number of halogens is 8. The zero-order valence-electron chi connectivity index (χ0n) is 14.0. The van der Waals surface area contributed by atoms with Crippen LogP contribution in [-0.4, -0.2) is 23.7 Å². The number of rotatable bonds is 4. The summed E-state index contributed by atoms with van der Waals surface area (Å²) >= 11 is 6.03. The molecule has 2 nitrogen and oxygen atoms in total. The fourth-order valence-electron chi connectivity index (χ4n) is 2.10. The van der Waals surface area contributed by atoms with Crippen LogP contribution >= 0.6 is 31.9 Å². The molecular formula is C18H14Br2F6O2. The first kappa shape index (κ1) is 24.6. The van der Waals surface area contributed by atoms with Gasteiger partial charge >= 0.3 is 12.4 Å². The van der Waals surface area contributed by atoms with E-state index in [1.807, 2.05) is 0 Å². The summed E-state index contributed by atoms with van der Waals surface area (Å²) in [7, 11) is 0. The maximum Gasteiger partial charge on any atom is 0.393 e. The Morgan fingerprint density at radius 1 is 0.821 bits per heavy atom. The van der Waals surface area contributed by atoms with Gasteiger partial charge < -0.3 is 5.11 Å². The van der Waals surface area contributed by atoms with Gasteiger partial charge in [-0.3, -0.25) is 4.79 Å². The maximum atomic E-state index is 12.1. The van der Waals surface area contributed by atoms with Crippen molar-refractivity contribution >= 4 is 38.1 Å². The third-order valence-electron chi connectivity index (χ3n) is 3.28. The number of alkyl halides is 6. The number of aliphatic hydroxyl groups excluding tert-OH is 1. The Hall–Kier alpha value is -1.39. The highest BCUT2D eigenvalue weighted by Crippen LogP contribution is 2.28. The van der Waals surface area contributed by atoms with Crippen LogP contribution in [-0.2, 0) is 19.4 Å². The van der Waals surface area contributed by atoms with Crippen molar-refractivity contribution in [2.45, 2.75) is 31.8 Å². The first-order valence-electron chi connectivity index (χ1n) is 7.60. The highest BCUT2D eigenvalue weighted by molar-refractivity contribution is 9.10. The molecule has 0 aliphatic heterocycles. The molecule has 0 unspecified atom stereocenters. The molecule has 0 heterocycles. The maximum absolute atomic E-state index is 12.1. The number of aliphatic hydroxyl groups is 1. The number of hydrogen-bond donors (Lipinski definition) is 1. The van der Waals surface area contributed by atoms with E-state index in [4.69, 9.17) is 5.11 Å². The SMILES string of the molecule is O=Cc1ccc(Br)c(CC(F)(F)F)c1.OCc1ccc(Br)c(CC(F)(F)F)c1. The summed E-state index contributed by atoms with van der Waals surface area (Å²) < 4.78 is 73.1. The molecule has 10 heteroatoms. The molecule has 2 aromatic carbocycles. The average Bonchev–Trinajstić information content (AvgIpc) is 2.57. The van der Waals surface area contributed by atoms with Crippen molar-refractivity contribution < 1.29 is 36.2 Å². The van der Waals surface area contributed by atoms with E-state index in [0.717, 1.165) is 0 Å². The predicted octanol–water partition coefficient (Wildman–Crippen LogP) is 6.41. The molecule has 0 amide bonds. The molecule has 0 spiro atoms. The summed E-state index contributed by atoms with van der Waals surface area (Å²) in [5.74, 6) is 0. The zero-order chi connectivity index (χ0) is 21.5. The fourth-order valence-corrected chi connectivity index (χ4v) is 2.87. The summed E-state index contributed by atoms with van der Waals surface area (Å²) in [6.07, 6.45) is -9.98. The van der Waals surface area contributed by atoms with Crippen molar-refractivity contribution in [2.24, 2.45) is 0 Å². The van der Waals surface area contributed by atoms with Gasteiger partial charge in [-0.15, -0.1) is 0 Å². The lowest BCUT2D eigenvalue weighted by Crippen LogP contribution is -2.12. The fraction of sp³-hybridized carbons (Fsp3) is 0.278. The lowest BCUT2D eigenvalue weighted by atomic mass is 10.1. The van der Waals surface area contributed by atoms with E-state index in [2.05, 4.69) is 31.9 Å². The zero-order valence-corrected chi connectivity index (χ0v) is 17.2. The highest BCUT2D eigenvalue weighted by Gasteiger charge is 2.29. The second kappa shape index (κ2) is 10.4. The first-order valence-corrected chi connectivity index (χ1v) is 9.18. The summed E-state index contributed by atoms with van der Waals surface area (Å²) in [4.78, 5) is 10.3. The van der Waals surface area contributed by atoms with Gasteiger partial charge in [-0.25, -0.2) is 0 Å². The van der Waals surface area contributed by atoms with Crippen molar-refractivity contribution in [3.63, 3.8) is 0 Å². The minimum Gasteiger partial charge on any atom is -0.392 e. The number of carbonyl (C=O) groups is 1. The van der Waals surface area contributed by atoms with Gasteiger partial charge in [0.2, 0.25) is 0 Å². The molecule has 0 saturated heterocycles. The number of hydrogen-bond acceptors (Lipinski definition) is 2. The monoisotopic (exact) mass is 534 g/mol. The molecule has 2 aromatic rings. The molecule has 0 bridgehead atoms. The molecule has 1 N–H and O–H groups in total. The van der Waals surface area contributed by atoms with E-state index in [1.54, 1.807) is 6.07 Å². The second-order valence-electron chi connectivity index (χ2n) is 5.64. The quantitative estimate of drug-likeness (QED) is 0.363. The predicted molar refractivity (Wildman–Crippen MR) is 99.1 cm³/mol. The van der Waals surface area contributed by atoms with Crippen LogP contribution in [0.25, 0.3) is 0 Å². The van der Waals surface area contributed by atoms with E-state index < -0.39 is 25.2 Å². The van der Waals surface area contributed by atoms with Crippen LogP contribution in [0.4, 0.5) is 26.3 Å². The second-order valence-corrected chi connectivity index (χ2v) is 7.35. The van der Waals surface area contributed by atoms with Crippen molar-refractivity contribution in [1.82, 2.24) is 0 Å². The van der Waals surface area contributed by atoms with Gasteiger partial charge in [-0.05, 0) is 34.9 Å². The lowest BCUT2D eigenvalue weighted by molar-refractivity contribution is -0.128. The van der Waals surface area contributed by atoms with Crippen LogP contribution in [0.1, 0.15) is 27.0 Å². The number of carbonyl (C=O) groups excluding carboxylic acids is 1. The van der Waals surface area contributed by atoms with Crippen LogP contribution in [0, 0.1) is 0 Å². The third-order valence-corrected chi connectivity index (χ3v) is 4.83. The first-order chi connectivity index (χ1) is 12.8. The van der Waals surface area contributed by atoms with Gasteiger partial charge in [-0.1, -0.05) is 50.1 Å². The molecule has 2 rings (SSSR count). The topological polar surface area (TPSA) is 37.3 Å². The third kappa shape index (κ3) is 9.20. The van der Waals surface area contributed by atoms with Crippen LogP contribution in [0.3, 0.4) is 0 Å². The van der Waals surface area contributed by atoms with E-state index in [9.17, 15) is 31.1 Å².